The molecule has 0 bridgehead atoms. The quantitative estimate of drug-likeness (QED) is 0.624. The van der Waals surface area contributed by atoms with E-state index in [9.17, 15) is 18.0 Å². The highest BCUT2D eigenvalue weighted by Gasteiger charge is 2.29. The van der Waals surface area contributed by atoms with Crippen LogP contribution in [0, 0.1) is 24.4 Å². The summed E-state index contributed by atoms with van der Waals surface area (Å²) in [5.41, 5.74) is 0.592. The lowest BCUT2D eigenvalue weighted by Crippen LogP contribution is -2.31. The Bertz CT molecular complexity index is 695. The maximum atomic E-state index is 13.4. The fourth-order valence-electron chi connectivity index (χ4n) is 2.24. The Morgan fingerprint density at radius 1 is 1.30 bits per heavy atom. The maximum Gasteiger partial charge on any atom is 0.327 e. The van der Waals surface area contributed by atoms with Crippen LogP contribution in [0.25, 0.3) is 0 Å². The lowest BCUT2D eigenvalue weighted by Gasteiger charge is -2.25. The Labute approximate surface area is 130 Å². The number of benzene rings is 1. The SMILES string of the molecule is COC(=O)[C@H](c1cc(F)c(F)c(F)c1)N(C)Cc1cc(C)no1. The van der Waals surface area contributed by atoms with Crippen molar-refractivity contribution in [2.24, 2.45) is 0 Å². The van der Waals surface area contributed by atoms with Gasteiger partial charge in [0, 0.05) is 6.07 Å². The van der Waals surface area contributed by atoms with Gasteiger partial charge in [-0.2, -0.15) is 0 Å². The zero-order chi connectivity index (χ0) is 17.1. The number of rotatable bonds is 5. The summed E-state index contributed by atoms with van der Waals surface area (Å²) in [4.78, 5) is 13.5. The van der Waals surface area contributed by atoms with E-state index in [0.717, 1.165) is 19.2 Å². The normalized spacial score (nSPS) is 12.5. The number of hydrogen-bond donors (Lipinski definition) is 0. The Morgan fingerprint density at radius 3 is 2.39 bits per heavy atom. The molecule has 0 spiro atoms. The van der Waals surface area contributed by atoms with Gasteiger partial charge in [-0.1, -0.05) is 5.16 Å². The highest BCUT2D eigenvalue weighted by Crippen LogP contribution is 2.26. The number of nitrogens with zero attached hydrogens (tertiary/aromatic N) is 2. The summed E-state index contributed by atoms with van der Waals surface area (Å²) in [6, 6.07) is 2.07. The number of aromatic nitrogens is 1. The second-order valence-electron chi connectivity index (χ2n) is 5.07. The van der Waals surface area contributed by atoms with Gasteiger partial charge in [0.25, 0.3) is 0 Å². The molecule has 1 heterocycles. The Kier molecular flexibility index (Phi) is 5.05. The van der Waals surface area contributed by atoms with Gasteiger partial charge in [0.05, 0.1) is 19.3 Å². The van der Waals surface area contributed by atoms with Crippen molar-refractivity contribution in [3.63, 3.8) is 0 Å². The van der Waals surface area contributed by atoms with Crippen LogP contribution in [-0.2, 0) is 16.1 Å². The van der Waals surface area contributed by atoms with E-state index in [2.05, 4.69) is 9.89 Å². The van der Waals surface area contributed by atoms with E-state index < -0.39 is 29.5 Å². The van der Waals surface area contributed by atoms with E-state index in [0.29, 0.717) is 11.5 Å². The van der Waals surface area contributed by atoms with Crippen molar-refractivity contribution in [3.8, 4) is 0 Å². The first kappa shape index (κ1) is 17.0. The highest BCUT2D eigenvalue weighted by molar-refractivity contribution is 5.77. The summed E-state index contributed by atoms with van der Waals surface area (Å²) in [5.74, 6) is -4.63. The topological polar surface area (TPSA) is 55.6 Å². The molecule has 0 unspecified atom stereocenters. The van der Waals surface area contributed by atoms with E-state index in [1.165, 1.54) is 4.90 Å². The van der Waals surface area contributed by atoms with E-state index >= 15 is 0 Å². The van der Waals surface area contributed by atoms with Gasteiger partial charge in [0.15, 0.2) is 23.2 Å². The van der Waals surface area contributed by atoms with Crippen molar-refractivity contribution in [2.45, 2.75) is 19.5 Å². The van der Waals surface area contributed by atoms with Gasteiger partial charge in [-0.25, -0.2) is 18.0 Å². The second kappa shape index (κ2) is 6.82. The van der Waals surface area contributed by atoms with Gasteiger partial charge in [0.2, 0.25) is 0 Å². The second-order valence-corrected chi connectivity index (χ2v) is 5.07. The molecular weight excluding hydrogens is 313 g/mol. The van der Waals surface area contributed by atoms with Crippen LogP contribution >= 0.6 is 0 Å². The third kappa shape index (κ3) is 3.70. The van der Waals surface area contributed by atoms with Crippen molar-refractivity contribution < 1.29 is 27.2 Å². The number of carbonyl (C=O) groups excluding carboxylic acids is 1. The van der Waals surface area contributed by atoms with Gasteiger partial charge in [0.1, 0.15) is 6.04 Å². The molecule has 0 saturated carbocycles. The summed E-state index contributed by atoms with van der Waals surface area (Å²) in [6.45, 7) is 1.87. The first-order chi connectivity index (χ1) is 10.8. The molecule has 0 radical (unpaired) electrons. The minimum Gasteiger partial charge on any atom is -0.468 e. The van der Waals surface area contributed by atoms with Crippen LogP contribution in [0.2, 0.25) is 0 Å². The molecule has 2 aromatic rings. The van der Waals surface area contributed by atoms with Gasteiger partial charge in [-0.05, 0) is 31.7 Å². The van der Waals surface area contributed by atoms with E-state index in [1.54, 1.807) is 20.0 Å². The first-order valence-corrected chi connectivity index (χ1v) is 6.68. The minimum absolute atomic E-state index is 0.0630. The van der Waals surface area contributed by atoms with Crippen molar-refractivity contribution >= 4 is 5.97 Å². The molecule has 0 fully saturated rings. The lowest BCUT2D eigenvalue weighted by atomic mass is 10.0. The summed E-state index contributed by atoms with van der Waals surface area (Å²) in [7, 11) is 2.69. The van der Waals surface area contributed by atoms with Crippen LogP contribution in [0.4, 0.5) is 13.2 Å². The van der Waals surface area contributed by atoms with E-state index in [4.69, 9.17) is 4.52 Å². The molecule has 8 heteroatoms. The molecular formula is C15H15F3N2O3. The Morgan fingerprint density at radius 2 is 1.91 bits per heavy atom. The third-order valence-corrected chi connectivity index (χ3v) is 3.27. The van der Waals surface area contributed by atoms with Crippen molar-refractivity contribution in [1.29, 1.82) is 0 Å². The van der Waals surface area contributed by atoms with Gasteiger partial charge >= 0.3 is 5.97 Å². The molecule has 5 nitrogen and oxygen atoms in total. The van der Waals surface area contributed by atoms with Crippen molar-refractivity contribution in [3.05, 3.63) is 52.7 Å². The molecule has 1 aromatic heterocycles. The third-order valence-electron chi connectivity index (χ3n) is 3.27. The predicted octanol–water partition coefficient (Wildman–Crippen LogP) is 2.75. The average Bonchev–Trinajstić information content (AvgIpc) is 2.89. The fourth-order valence-corrected chi connectivity index (χ4v) is 2.24. The molecule has 124 valence electrons. The number of halogens is 3. The molecule has 1 atom stereocenters. The van der Waals surface area contributed by atoms with Crippen LogP contribution in [0.15, 0.2) is 22.7 Å². The van der Waals surface area contributed by atoms with Crippen molar-refractivity contribution in [1.82, 2.24) is 10.1 Å². The van der Waals surface area contributed by atoms with Crippen LogP contribution in [0.1, 0.15) is 23.1 Å². The molecule has 0 aliphatic rings. The number of hydrogen-bond acceptors (Lipinski definition) is 5. The predicted molar refractivity (Wildman–Crippen MR) is 73.8 cm³/mol. The smallest absolute Gasteiger partial charge is 0.327 e. The van der Waals surface area contributed by atoms with Gasteiger partial charge in [-0.3, -0.25) is 4.90 Å². The molecule has 0 aliphatic carbocycles. The largest absolute Gasteiger partial charge is 0.468 e. The number of likely N-dealkylation sites (N-methyl/N-ethyl adjacent to an activating group) is 1. The van der Waals surface area contributed by atoms with Crippen LogP contribution in [-0.4, -0.2) is 30.2 Å². The summed E-state index contributed by atoms with van der Waals surface area (Å²) < 4.78 is 49.7. The van der Waals surface area contributed by atoms with Gasteiger partial charge in [-0.15, -0.1) is 0 Å². The summed E-state index contributed by atoms with van der Waals surface area (Å²) in [5, 5.41) is 3.72. The van der Waals surface area contributed by atoms with E-state index in [1.807, 2.05) is 0 Å². The molecule has 23 heavy (non-hydrogen) atoms. The average molecular weight is 328 g/mol. The number of methoxy groups -OCH3 is 1. The molecule has 0 amide bonds. The summed E-state index contributed by atoms with van der Waals surface area (Å²) in [6.07, 6.45) is 0. The van der Waals surface area contributed by atoms with Crippen LogP contribution in [0.5, 0.6) is 0 Å². The Hall–Kier alpha value is -2.35. The lowest BCUT2D eigenvalue weighted by molar-refractivity contribution is -0.147. The standard InChI is InChI=1S/C15H15F3N2O3/c1-8-4-10(23-19-8)7-20(2)14(15(21)22-3)9-5-11(16)13(18)12(17)6-9/h4-6,14H,7H2,1-3H3/t14-/m0/s1. The zero-order valence-corrected chi connectivity index (χ0v) is 12.8. The first-order valence-electron chi connectivity index (χ1n) is 6.68. The van der Waals surface area contributed by atoms with Crippen LogP contribution in [0.3, 0.4) is 0 Å². The minimum atomic E-state index is -1.59. The number of ether oxygens (including phenoxy) is 1. The number of esters is 1. The molecule has 0 aliphatic heterocycles. The molecule has 2 rings (SSSR count). The highest BCUT2D eigenvalue weighted by atomic mass is 19.2. The maximum absolute atomic E-state index is 13.4. The summed E-state index contributed by atoms with van der Waals surface area (Å²) >= 11 is 0. The fraction of sp³-hybridized carbons (Fsp3) is 0.333. The number of aryl methyl sites for hydroxylation is 1. The van der Waals surface area contributed by atoms with Crippen molar-refractivity contribution in [2.75, 3.05) is 14.2 Å². The Balaban J connectivity index is 2.35. The van der Waals surface area contributed by atoms with E-state index in [-0.39, 0.29) is 12.1 Å². The number of carbonyl (C=O) groups is 1. The molecule has 1 aromatic carbocycles. The monoisotopic (exact) mass is 328 g/mol. The van der Waals surface area contributed by atoms with Crippen LogP contribution < -0.4 is 0 Å². The van der Waals surface area contributed by atoms with Gasteiger partial charge < -0.3 is 9.26 Å². The molecule has 0 N–H and O–H groups in total. The molecule has 0 saturated heterocycles. The zero-order valence-electron chi connectivity index (χ0n) is 12.8.